The molecule has 1 aromatic heterocycles. The van der Waals surface area contributed by atoms with Crippen molar-refractivity contribution < 1.29 is 9.59 Å². The summed E-state index contributed by atoms with van der Waals surface area (Å²) in [5.41, 5.74) is 3.48. The summed E-state index contributed by atoms with van der Waals surface area (Å²) in [4.78, 5) is 33.0. The largest absolute Gasteiger partial charge is 0.329 e. The Balaban J connectivity index is 1.40. The van der Waals surface area contributed by atoms with E-state index in [-0.39, 0.29) is 23.8 Å². The first-order valence-corrected chi connectivity index (χ1v) is 14.3. The maximum Gasteiger partial charge on any atom is 0.254 e. The van der Waals surface area contributed by atoms with Crippen molar-refractivity contribution in [3.05, 3.63) is 87.6 Å². The summed E-state index contributed by atoms with van der Waals surface area (Å²) >= 11 is 1.60. The number of hydrogen-bond donors (Lipinski definition) is 1. The van der Waals surface area contributed by atoms with E-state index >= 15 is 0 Å². The summed E-state index contributed by atoms with van der Waals surface area (Å²) in [5, 5.41) is 5.20. The van der Waals surface area contributed by atoms with Crippen LogP contribution in [0.1, 0.15) is 71.9 Å². The lowest BCUT2D eigenvalue weighted by atomic mass is 9.81. The van der Waals surface area contributed by atoms with E-state index in [1.807, 2.05) is 58.8 Å². The molecule has 2 aliphatic heterocycles. The number of anilines is 1. The van der Waals surface area contributed by atoms with E-state index in [0.29, 0.717) is 12.1 Å². The molecule has 2 aromatic carbocycles. The maximum absolute atomic E-state index is 14.0. The highest BCUT2D eigenvalue weighted by molar-refractivity contribution is 7.10. The van der Waals surface area contributed by atoms with Gasteiger partial charge in [0, 0.05) is 29.2 Å². The van der Waals surface area contributed by atoms with Gasteiger partial charge in [0.15, 0.2) is 0 Å². The van der Waals surface area contributed by atoms with Gasteiger partial charge in [-0.05, 0) is 78.5 Å². The molecule has 1 N–H and O–H groups in total. The highest BCUT2D eigenvalue weighted by Crippen LogP contribution is 2.45. The number of hydrogen-bond acceptors (Lipinski definition) is 4. The molecule has 37 heavy (non-hydrogen) atoms. The van der Waals surface area contributed by atoms with E-state index in [9.17, 15) is 9.59 Å². The molecular formula is C31H37N3O2S. The number of likely N-dealkylation sites (tertiary alicyclic amines) is 1. The van der Waals surface area contributed by atoms with Crippen LogP contribution < -0.4 is 5.32 Å². The van der Waals surface area contributed by atoms with E-state index in [1.165, 1.54) is 18.4 Å². The summed E-state index contributed by atoms with van der Waals surface area (Å²) in [5.74, 6) is 0.550. The standard InChI is InChI=1S/C31H37N3O2S/c1-21(2)19-34-29(27-9-6-18-37-27)28(25-7-4-5-8-26(25)31(34)36)30(35)32-24-12-10-23(11-13-24)20-33-16-14-22(3)15-17-33/h4-13,18,21-22,28-29H,14-17,19-20H2,1-3H3,(H,32,35)/t28-,29-/m1/s1. The molecule has 194 valence electrons. The molecule has 0 bridgehead atoms. The van der Waals surface area contributed by atoms with Gasteiger partial charge in [0.05, 0.1) is 12.0 Å². The molecule has 2 amide bonds. The number of thiophene rings is 1. The van der Waals surface area contributed by atoms with Crippen LogP contribution in [0.15, 0.2) is 66.0 Å². The number of benzene rings is 2. The van der Waals surface area contributed by atoms with Crippen LogP contribution in [0.3, 0.4) is 0 Å². The number of piperidine rings is 1. The van der Waals surface area contributed by atoms with Gasteiger partial charge in [0.25, 0.3) is 5.91 Å². The van der Waals surface area contributed by atoms with E-state index in [1.54, 1.807) is 11.3 Å². The van der Waals surface area contributed by atoms with E-state index in [4.69, 9.17) is 0 Å². The SMILES string of the molecule is CC(C)CN1C(=O)c2ccccc2[C@@H](C(=O)Nc2ccc(CN3CCC(C)CC3)cc2)[C@H]1c1cccs1. The normalized spacial score (nSPS) is 20.8. The minimum atomic E-state index is -0.485. The van der Waals surface area contributed by atoms with Crippen molar-refractivity contribution in [2.24, 2.45) is 11.8 Å². The van der Waals surface area contributed by atoms with Crippen LogP contribution in [0, 0.1) is 11.8 Å². The van der Waals surface area contributed by atoms with Crippen LogP contribution in [0.2, 0.25) is 0 Å². The molecule has 0 unspecified atom stereocenters. The molecule has 1 saturated heterocycles. The van der Waals surface area contributed by atoms with Crippen LogP contribution in [0.5, 0.6) is 0 Å². The molecule has 0 aliphatic carbocycles. The third-order valence-corrected chi connectivity index (χ3v) is 8.56. The van der Waals surface area contributed by atoms with E-state index < -0.39 is 5.92 Å². The Hall–Kier alpha value is -2.96. The monoisotopic (exact) mass is 515 g/mol. The molecule has 0 radical (unpaired) electrons. The van der Waals surface area contributed by atoms with Crippen molar-refractivity contribution in [1.29, 1.82) is 0 Å². The quantitative estimate of drug-likeness (QED) is 0.388. The van der Waals surface area contributed by atoms with Gasteiger partial charge in [-0.2, -0.15) is 0 Å². The molecule has 0 saturated carbocycles. The lowest BCUT2D eigenvalue weighted by Gasteiger charge is -2.42. The average Bonchev–Trinajstić information content (AvgIpc) is 3.42. The second-order valence-electron chi connectivity index (χ2n) is 11.0. The number of nitrogens with zero attached hydrogens (tertiary/aromatic N) is 2. The van der Waals surface area contributed by atoms with Gasteiger partial charge in [-0.25, -0.2) is 0 Å². The molecule has 2 aliphatic rings. The molecule has 1 fully saturated rings. The maximum atomic E-state index is 14.0. The van der Waals surface area contributed by atoms with E-state index in [0.717, 1.165) is 41.7 Å². The van der Waals surface area contributed by atoms with Crippen LogP contribution in [0.25, 0.3) is 0 Å². The zero-order valence-electron chi connectivity index (χ0n) is 22.0. The Morgan fingerprint density at radius 1 is 1.03 bits per heavy atom. The summed E-state index contributed by atoms with van der Waals surface area (Å²) in [6.45, 7) is 10.4. The third-order valence-electron chi connectivity index (χ3n) is 7.62. The van der Waals surface area contributed by atoms with Crippen molar-refractivity contribution in [1.82, 2.24) is 9.80 Å². The lowest BCUT2D eigenvalue weighted by molar-refractivity contribution is -0.119. The molecule has 3 aromatic rings. The first-order chi connectivity index (χ1) is 17.9. The summed E-state index contributed by atoms with van der Waals surface area (Å²) in [7, 11) is 0. The fourth-order valence-corrected chi connectivity index (χ4v) is 6.51. The summed E-state index contributed by atoms with van der Waals surface area (Å²) in [6.07, 6.45) is 2.53. The Bertz CT molecular complexity index is 1210. The number of nitrogens with one attached hydrogen (secondary N) is 1. The summed E-state index contributed by atoms with van der Waals surface area (Å²) in [6, 6.07) is 19.6. The molecule has 3 heterocycles. The van der Waals surface area contributed by atoms with Gasteiger partial charge < -0.3 is 10.2 Å². The molecule has 6 heteroatoms. The average molecular weight is 516 g/mol. The number of carbonyl (C=O) groups excluding carboxylic acids is 2. The minimum Gasteiger partial charge on any atom is -0.329 e. The van der Waals surface area contributed by atoms with Crippen molar-refractivity contribution in [2.75, 3.05) is 25.0 Å². The van der Waals surface area contributed by atoms with Gasteiger partial charge in [0.1, 0.15) is 0 Å². The van der Waals surface area contributed by atoms with Gasteiger partial charge in [0.2, 0.25) is 5.91 Å². The van der Waals surface area contributed by atoms with Crippen LogP contribution in [-0.2, 0) is 11.3 Å². The molecular weight excluding hydrogens is 478 g/mol. The molecule has 2 atom stereocenters. The van der Waals surface area contributed by atoms with Crippen molar-refractivity contribution >= 4 is 28.8 Å². The van der Waals surface area contributed by atoms with Gasteiger partial charge >= 0.3 is 0 Å². The number of carbonyl (C=O) groups is 2. The fourth-order valence-electron chi connectivity index (χ4n) is 5.64. The van der Waals surface area contributed by atoms with Crippen molar-refractivity contribution in [2.45, 2.75) is 52.1 Å². The number of rotatable bonds is 7. The highest BCUT2D eigenvalue weighted by atomic mass is 32.1. The minimum absolute atomic E-state index is 0.00297. The topological polar surface area (TPSA) is 52.7 Å². The number of fused-ring (bicyclic) bond motifs is 1. The lowest BCUT2D eigenvalue weighted by Crippen LogP contribution is -2.47. The smallest absolute Gasteiger partial charge is 0.254 e. The first kappa shape index (κ1) is 25.7. The van der Waals surface area contributed by atoms with Crippen LogP contribution >= 0.6 is 11.3 Å². The Labute approximate surface area is 224 Å². The van der Waals surface area contributed by atoms with Crippen molar-refractivity contribution in [3.8, 4) is 0 Å². The van der Waals surface area contributed by atoms with Crippen LogP contribution in [-0.4, -0.2) is 41.2 Å². The van der Waals surface area contributed by atoms with Gasteiger partial charge in [-0.3, -0.25) is 14.5 Å². The predicted octanol–water partition coefficient (Wildman–Crippen LogP) is 6.56. The number of amides is 2. The molecule has 5 nitrogen and oxygen atoms in total. The third kappa shape index (κ3) is 5.65. The zero-order chi connectivity index (χ0) is 25.9. The second-order valence-corrected chi connectivity index (χ2v) is 12.0. The van der Waals surface area contributed by atoms with E-state index in [2.05, 4.69) is 43.1 Å². The molecule has 0 spiro atoms. The fraction of sp³-hybridized carbons (Fsp3) is 0.419. The molecule has 5 rings (SSSR count). The first-order valence-electron chi connectivity index (χ1n) is 13.5. The second kappa shape index (κ2) is 11.2. The Morgan fingerprint density at radius 3 is 2.43 bits per heavy atom. The summed E-state index contributed by atoms with van der Waals surface area (Å²) < 4.78 is 0. The van der Waals surface area contributed by atoms with Crippen molar-refractivity contribution in [3.63, 3.8) is 0 Å². The zero-order valence-corrected chi connectivity index (χ0v) is 22.8. The Morgan fingerprint density at radius 2 is 1.76 bits per heavy atom. The van der Waals surface area contributed by atoms with Crippen LogP contribution in [0.4, 0.5) is 5.69 Å². The Kier molecular flexibility index (Phi) is 7.77. The van der Waals surface area contributed by atoms with Gasteiger partial charge in [-0.1, -0.05) is 57.2 Å². The predicted molar refractivity (Wildman–Crippen MR) is 151 cm³/mol. The highest BCUT2D eigenvalue weighted by Gasteiger charge is 2.44. The van der Waals surface area contributed by atoms with Gasteiger partial charge in [-0.15, -0.1) is 11.3 Å².